The SMILES string of the molecule is CC[C@]1(c2ccccc2)NC(=O)N(CN2CCN(c3ccc(F)cc3)CC2)C1=O. The highest BCUT2D eigenvalue weighted by molar-refractivity contribution is 6.07. The van der Waals surface area contributed by atoms with Crippen molar-refractivity contribution in [2.24, 2.45) is 0 Å². The number of urea groups is 1. The fourth-order valence-corrected chi connectivity index (χ4v) is 4.12. The first-order chi connectivity index (χ1) is 14.0. The van der Waals surface area contributed by atoms with Crippen LogP contribution in [-0.2, 0) is 10.3 Å². The van der Waals surface area contributed by atoms with E-state index in [0.29, 0.717) is 6.42 Å². The van der Waals surface area contributed by atoms with E-state index < -0.39 is 5.54 Å². The molecule has 2 aromatic rings. The second kappa shape index (κ2) is 7.83. The van der Waals surface area contributed by atoms with Gasteiger partial charge in [-0.3, -0.25) is 9.69 Å². The van der Waals surface area contributed by atoms with Gasteiger partial charge in [-0.25, -0.2) is 14.1 Å². The second-order valence-corrected chi connectivity index (χ2v) is 7.51. The quantitative estimate of drug-likeness (QED) is 0.790. The third-order valence-electron chi connectivity index (χ3n) is 5.88. The van der Waals surface area contributed by atoms with Gasteiger partial charge < -0.3 is 10.2 Å². The number of anilines is 1. The molecule has 2 aliphatic heterocycles. The van der Waals surface area contributed by atoms with Crippen molar-refractivity contribution in [3.8, 4) is 0 Å². The molecule has 1 atom stereocenters. The Morgan fingerprint density at radius 3 is 2.24 bits per heavy atom. The molecule has 0 bridgehead atoms. The van der Waals surface area contributed by atoms with Gasteiger partial charge in [-0.2, -0.15) is 0 Å². The van der Waals surface area contributed by atoms with Crippen LogP contribution < -0.4 is 10.2 Å². The van der Waals surface area contributed by atoms with Crippen LogP contribution >= 0.6 is 0 Å². The van der Waals surface area contributed by atoms with E-state index in [1.165, 1.54) is 17.0 Å². The molecule has 6 nitrogen and oxygen atoms in total. The van der Waals surface area contributed by atoms with Crippen LogP contribution in [0.15, 0.2) is 54.6 Å². The fourth-order valence-electron chi connectivity index (χ4n) is 4.12. The summed E-state index contributed by atoms with van der Waals surface area (Å²) in [6, 6.07) is 15.5. The van der Waals surface area contributed by atoms with Crippen LogP contribution in [0, 0.1) is 5.82 Å². The Hall–Kier alpha value is -2.93. The molecular formula is C22H25FN4O2. The molecule has 4 rings (SSSR count). The van der Waals surface area contributed by atoms with Crippen molar-refractivity contribution in [3.63, 3.8) is 0 Å². The van der Waals surface area contributed by atoms with Gasteiger partial charge in [0.1, 0.15) is 11.4 Å². The summed E-state index contributed by atoms with van der Waals surface area (Å²) in [6.07, 6.45) is 0.496. The Morgan fingerprint density at radius 1 is 0.966 bits per heavy atom. The number of nitrogens with zero attached hydrogens (tertiary/aromatic N) is 3. The van der Waals surface area contributed by atoms with Gasteiger partial charge in [-0.1, -0.05) is 37.3 Å². The average Bonchev–Trinajstić information content (AvgIpc) is 3.01. The molecule has 2 fully saturated rings. The maximum absolute atomic E-state index is 13.2. The topological polar surface area (TPSA) is 55.9 Å². The Balaban J connectivity index is 1.42. The van der Waals surface area contributed by atoms with E-state index in [1.54, 1.807) is 12.1 Å². The second-order valence-electron chi connectivity index (χ2n) is 7.51. The van der Waals surface area contributed by atoms with E-state index in [-0.39, 0.29) is 24.4 Å². The van der Waals surface area contributed by atoms with E-state index in [0.717, 1.165) is 37.4 Å². The van der Waals surface area contributed by atoms with Crippen LogP contribution in [0.25, 0.3) is 0 Å². The van der Waals surface area contributed by atoms with Crippen LogP contribution in [0.3, 0.4) is 0 Å². The minimum absolute atomic E-state index is 0.197. The number of imide groups is 1. The summed E-state index contributed by atoms with van der Waals surface area (Å²) in [6.45, 7) is 5.14. The third-order valence-corrected chi connectivity index (χ3v) is 5.88. The smallest absolute Gasteiger partial charge is 0.326 e. The molecule has 29 heavy (non-hydrogen) atoms. The van der Waals surface area contributed by atoms with Crippen LogP contribution in [0.2, 0.25) is 0 Å². The standard InChI is InChI=1S/C22H25FN4O2/c1-2-22(17-6-4-3-5-7-17)20(28)27(21(29)24-22)16-25-12-14-26(15-13-25)19-10-8-18(23)9-11-19/h3-11H,2,12-16H2,1H3,(H,24,29)/t22-/m1/s1. The van der Waals surface area contributed by atoms with Gasteiger partial charge in [0.15, 0.2) is 0 Å². The number of carbonyl (C=O) groups is 2. The van der Waals surface area contributed by atoms with Gasteiger partial charge in [0.2, 0.25) is 0 Å². The normalized spacial score (nSPS) is 22.8. The van der Waals surface area contributed by atoms with Crippen LogP contribution in [0.5, 0.6) is 0 Å². The number of benzene rings is 2. The molecule has 0 radical (unpaired) electrons. The summed E-state index contributed by atoms with van der Waals surface area (Å²) in [5, 5.41) is 2.93. The Kier molecular flexibility index (Phi) is 5.24. The highest BCUT2D eigenvalue weighted by atomic mass is 19.1. The van der Waals surface area contributed by atoms with Crippen molar-refractivity contribution in [2.45, 2.75) is 18.9 Å². The van der Waals surface area contributed by atoms with E-state index in [9.17, 15) is 14.0 Å². The molecule has 0 unspecified atom stereocenters. The molecule has 0 aromatic heterocycles. The van der Waals surface area contributed by atoms with Crippen molar-refractivity contribution in [3.05, 3.63) is 66.0 Å². The summed E-state index contributed by atoms with van der Waals surface area (Å²) >= 11 is 0. The van der Waals surface area contributed by atoms with Crippen molar-refractivity contribution in [2.75, 3.05) is 37.7 Å². The lowest BCUT2D eigenvalue weighted by Crippen LogP contribution is -2.51. The highest BCUT2D eigenvalue weighted by Gasteiger charge is 2.51. The molecule has 2 aromatic carbocycles. The molecule has 0 saturated carbocycles. The Bertz CT molecular complexity index is 881. The van der Waals surface area contributed by atoms with E-state index in [4.69, 9.17) is 0 Å². The van der Waals surface area contributed by atoms with Crippen LogP contribution in [0.1, 0.15) is 18.9 Å². The van der Waals surface area contributed by atoms with Gasteiger partial charge in [0, 0.05) is 31.9 Å². The number of nitrogens with one attached hydrogen (secondary N) is 1. The number of hydrogen-bond donors (Lipinski definition) is 1. The van der Waals surface area contributed by atoms with Gasteiger partial charge in [-0.05, 0) is 36.2 Å². The lowest BCUT2D eigenvalue weighted by Gasteiger charge is -2.37. The van der Waals surface area contributed by atoms with E-state index >= 15 is 0 Å². The molecule has 2 saturated heterocycles. The lowest BCUT2D eigenvalue weighted by atomic mass is 9.87. The van der Waals surface area contributed by atoms with Crippen LogP contribution in [0.4, 0.5) is 14.9 Å². The van der Waals surface area contributed by atoms with Gasteiger partial charge in [-0.15, -0.1) is 0 Å². The third kappa shape index (κ3) is 3.58. The first-order valence-corrected chi connectivity index (χ1v) is 9.96. The molecule has 2 aliphatic rings. The number of rotatable bonds is 5. The predicted octanol–water partition coefficient (Wildman–Crippen LogP) is 2.76. The lowest BCUT2D eigenvalue weighted by molar-refractivity contribution is -0.133. The first-order valence-electron chi connectivity index (χ1n) is 9.96. The van der Waals surface area contributed by atoms with Crippen molar-refractivity contribution >= 4 is 17.6 Å². The van der Waals surface area contributed by atoms with Crippen molar-refractivity contribution in [1.29, 1.82) is 0 Å². The van der Waals surface area contributed by atoms with Gasteiger partial charge >= 0.3 is 6.03 Å². The minimum Gasteiger partial charge on any atom is -0.369 e. The molecule has 0 spiro atoms. The molecule has 2 heterocycles. The maximum Gasteiger partial charge on any atom is 0.326 e. The van der Waals surface area contributed by atoms with Crippen molar-refractivity contribution < 1.29 is 14.0 Å². The molecule has 3 amide bonds. The van der Waals surface area contributed by atoms with Gasteiger partial charge in [0.25, 0.3) is 5.91 Å². The monoisotopic (exact) mass is 396 g/mol. The summed E-state index contributed by atoms with van der Waals surface area (Å²) in [5.74, 6) is -0.444. The van der Waals surface area contributed by atoms with Crippen molar-refractivity contribution in [1.82, 2.24) is 15.1 Å². The molecule has 1 N–H and O–H groups in total. The molecule has 7 heteroatoms. The highest BCUT2D eigenvalue weighted by Crippen LogP contribution is 2.32. The number of carbonyl (C=O) groups excluding carboxylic acids is 2. The number of hydrogen-bond acceptors (Lipinski definition) is 4. The minimum atomic E-state index is -0.992. The number of halogens is 1. The Morgan fingerprint density at radius 2 is 1.62 bits per heavy atom. The Labute approximate surface area is 169 Å². The summed E-state index contributed by atoms with van der Waals surface area (Å²) in [5.41, 5.74) is 0.800. The largest absolute Gasteiger partial charge is 0.369 e. The summed E-state index contributed by atoms with van der Waals surface area (Å²) in [7, 11) is 0. The first kappa shape index (κ1) is 19.4. The van der Waals surface area contributed by atoms with E-state index in [1.807, 2.05) is 37.3 Å². The molecule has 152 valence electrons. The maximum atomic E-state index is 13.2. The fraction of sp³-hybridized carbons (Fsp3) is 0.364. The number of amides is 3. The van der Waals surface area contributed by atoms with E-state index in [2.05, 4.69) is 15.1 Å². The van der Waals surface area contributed by atoms with Crippen LogP contribution in [-0.4, -0.2) is 54.6 Å². The molecular weight excluding hydrogens is 371 g/mol. The summed E-state index contributed by atoms with van der Waals surface area (Å²) < 4.78 is 13.1. The zero-order chi connectivity index (χ0) is 20.4. The average molecular weight is 396 g/mol. The van der Waals surface area contributed by atoms with Gasteiger partial charge in [0.05, 0.1) is 6.67 Å². The number of piperazine rings is 1. The molecule has 0 aliphatic carbocycles. The zero-order valence-electron chi connectivity index (χ0n) is 16.5. The summed E-state index contributed by atoms with van der Waals surface area (Å²) in [4.78, 5) is 31.5. The predicted molar refractivity (Wildman–Crippen MR) is 109 cm³/mol. The zero-order valence-corrected chi connectivity index (χ0v) is 16.5.